The first-order valence-corrected chi connectivity index (χ1v) is 7.21. The number of nitrogens with one attached hydrogen (secondary N) is 2. The molecule has 2 N–H and O–H groups in total. The number of benzene rings is 1. The van der Waals surface area contributed by atoms with Crippen LogP contribution >= 0.6 is 0 Å². The second-order valence-electron chi connectivity index (χ2n) is 5.91. The highest BCUT2D eigenvalue weighted by atomic mass is 16.2. The van der Waals surface area contributed by atoms with Gasteiger partial charge in [0.1, 0.15) is 0 Å². The van der Waals surface area contributed by atoms with Crippen molar-refractivity contribution in [3.63, 3.8) is 0 Å². The summed E-state index contributed by atoms with van der Waals surface area (Å²) >= 11 is 0. The quantitative estimate of drug-likeness (QED) is 0.889. The Morgan fingerprint density at radius 3 is 2.62 bits per heavy atom. The number of rotatable bonds is 3. The zero-order valence-corrected chi connectivity index (χ0v) is 12.2. The fourth-order valence-electron chi connectivity index (χ4n) is 2.91. The molecule has 0 aromatic heterocycles. The number of hydrogen-bond donors (Lipinski definition) is 2. The summed E-state index contributed by atoms with van der Waals surface area (Å²) in [6.07, 6.45) is 0. The highest BCUT2D eigenvalue weighted by Crippen LogP contribution is 2.32. The van der Waals surface area contributed by atoms with Crippen LogP contribution in [0, 0.1) is 5.92 Å². The van der Waals surface area contributed by atoms with Gasteiger partial charge in [-0.25, -0.2) is 4.79 Å². The molecule has 0 spiro atoms. The summed E-state index contributed by atoms with van der Waals surface area (Å²) in [6, 6.07) is 8.99. The second kappa shape index (κ2) is 5.24. The molecule has 5 nitrogen and oxygen atoms in total. The molecular weight excluding hydrogens is 266 g/mol. The SMILES string of the molecule is CC(C)CN1CC2=C(C1=O)C(c1ccccc1)NC(=O)N2. The van der Waals surface area contributed by atoms with Crippen LogP contribution in [0.3, 0.4) is 0 Å². The van der Waals surface area contributed by atoms with E-state index in [1.165, 1.54) is 0 Å². The molecule has 2 aliphatic heterocycles. The Morgan fingerprint density at radius 1 is 1.24 bits per heavy atom. The lowest BCUT2D eigenvalue weighted by Crippen LogP contribution is -2.44. The largest absolute Gasteiger partial charge is 0.333 e. The van der Waals surface area contributed by atoms with Crippen molar-refractivity contribution >= 4 is 11.9 Å². The zero-order valence-electron chi connectivity index (χ0n) is 12.2. The molecule has 2 aliphatic rings. The second-order valence-corrected chi connectivity index (χ2v) is 5.91. The average molecular weight is 285 g/mol. The first-order valence-electron chi connectivity index (χ1n) is 7.21. The summed E-state index contributed by atoms with van der Waals surface area (Å²) in [4.78, 5) is 26.3. The van der Waals surface area contributed by atoms with E-state index in [1.54, 1.807) is 4.90 Å². The van der Waals surface area contributed by atoms with E-state index in [4.69, 9.17) is 0 Å². The Labute approximate surface area is 124 Å². The van der Waals surface area contributed by atoms with E-state index >= 15 is 0 Å². The lowest BCUT2D eigenvalue weighted by atomic mass is 9.96. The normalized spacial score (nSPS) is 21.5. The molecule has 0 aliphatic carbocycles. The van der Waals surface area contributed by atoms with Crippen LogP contribution in [0.2, 0.25) is 0 Å². The van der Waals surface area contributed by atoms with Crippen LogP contribution in [0.5, 0.6) is 0 Å². The third-order valence-corrected chi connectivity index (χ3v) is 3.74. The van der Waals surface area contributed by atoms with Gasteiger partial charge in [0.15, 0.2) is 0 Å². The lowest BCUT2D eigenvalue weighted by molar-refractivity contribution is -0.126. The lowest BCUT2D eigenvalue weighted by Gasteiger charge is -2.25. The van der Waals surface area contributed by atoms with Crippen LogP contribution in [0.25, 0.3) is 0 Å². The fraction of sp³-hybridized carbons (Fsp3) is 0.375. The van der Waals surface area contributed by atoms with Crippen LogP contribution in [0.1, 0.15) is 25.5 Å². The Bertz CT molecular complexity index is 607. The van der Waals surface area contributed by atoms with Crippen LogP contribution in [0.15, 0.2) is 41.6 Å². The van der Waals surface area contributed by atoms with Gasteiger partial charge in [0.05, 0.1) is 23.9 Å². The van der Waals surface area contributed by atoms with Crippen LogP contribution < -0.4 is 10.6 Å². The highest BCUT2D eigenvalue weighted by molar-refractivity contribution is 6.01. The molecule has 2 heterocycles. The molecule has 21 heavy (non-hydrogen) atoms. The highest BCUT2D eigenvalue weighted by Gasteiger charge is 2.40. The van der Waals surface area contributed by atoms with E-state index in [0.717, 1.165) is 11.3 Å². The molecule has 3 amide bonds. The molecule has 3 rings (SSSR count). The van der Waals surface area contributed by atoms with E-state index < -0.39 is 0 Å². The van der Waals surface area contributed by atoms with Crippen molar-refractivity contribution in [2.45, 2.75) is 19.9 Å². The number of urea groups is 1. The average Bonchev–Trinajstić information content (AvgIpc) is 2.74. The number of amides is 3. The van der Waals surface area contributed by atoms with E-state index in [1.807, 2.05) is 30.3 Å². The van der Waals surface area contributed by atoms with Gasteiger partial charge >= 0.3 is 6.03 Å². The molecule has 1 aromatic rings. The summed E-state index contributed by atoms with van der Waals surface area (Å²) in [5.41, 5.74) is 2.33. The minimum atomic E-state index is -0.361. The third-order valence-electron chi connectivity index (χ3n) is 3.74. The van der Waals surface area contributed by atoms with Gasteiger partial charge in [-0.15, -0.1) is 0 Å². The predicted molar refractivity (Wildman–Crippen MR) is 79.3 cm³/mol. The first kappa shape index (κ1) is 13.7. The van der Waals surface area contributed by atoms with E-state index in [2.05, 4.69) is 24.5 Å². The van der Waals surface area contributed by atoms with Gasteiger partial charge in [0.2, 0.25) is 0 Å². The Balaban J connectivity index is 1.94. The van der Waals surface area contributed by atoms with Gasteiger partial charge in [-0.3, -0.25) is 4.79 Å². The summed E-state index contributed by atoms with van der Waals surface area (Å²) in [5.74, 6) is 0.411. The maximum atomic E-state index is 12.6. The summed E-state index contributed by atoms with van der Waals surface area (Å²) < 4.78 is 0. The maximum absolute atomic E-state index is 12.6. The minimum absolute atomic E-state index is 0.0139. The Morgan fingerprint density at radius 2 is 1.95 bits per heavy atom. The smallest absolute Gasteiger partial charge is 0.319 e. The van der Waals surface area contributed by atoms with Gasteiger partial charge in [0.25, 0.3) is 5.91 Å². The van der Waals surface area contributed by atoms with Crippen molar-refractivity contribution < 1.29 is 9.59 Å². The van der Waals surface area contributed by atoms with Crippen LogP contribution in [-0.4, -0.2) is 29.9 Å². The molecule has 5 heteroatoms. The third kappa shape index (κ3) is 2.51. The maximum Gasteiger partial charge on any atom is 0.319 e. The molecule has 0 fully saturated rings. The van der Waals surface area contributed by atoms with Crippen LogP contribution in [-0.2, 0) is 4.79 Å². The molecule has 0 saturated heterocycles. The number of hydrogen-bond acceptors (Lipinski definition) is 2. The summed E-state index contributed by atoms with van der Waals surface area (Å²) in [6.45, 7) is 5.35. The van der Waals surface area contributed by atoms with E-state index in [0.29, 0.717) is 24.6 Å². The zero-order chi connectivity index (χ0) is 15.0. The van der Waals surface area contributed by atoms with Crippen molar-refractivity contribution in [3.8, 4) is 0 Å². The molecule has 110 valence electrons. The molecule has 1 aromatic carbocycles. The Kier molecular flexibility index (Phi) is 3.41. The van der Waals surface area contributed by atoms with Gasteiger partial charge in [-0.2, -0.15) is 0 Å². The molecule has 1 atom stereocenters. The van der Waals surface area contributed by atoms with Crippen molar-refractivity contribution in [1.82, 2.24) is 15.5 Å². The number of carbonyl (C=O) groups excluding carboxylic acids is 2. The predicted octanol–water partition coefficient (Wildman–Crippen LogP) is 1.79. The minimum Gasteiger partial charge on any atom is -0.333 e. The van der Waals surface area contributed by atoms with Gasteiger partial charge in [0, 0.05) is 6.54 Å². The van der Waals surface area contributed by atoms with Gasteiger partial charge in [-0.05, 0) is 11.5 Å². The van der Waals surface area contributed by atoms with E-state index in [9.17, 15) is 9.59 Å². The first-order chi connectivity index (χ1) is 10.1. The van der Waals surface area contributed by atoms with Gasteiger partial charge < -0.3 is 15.5 Å². The van der Waals surface area contributed by atoms with Crippen LogP contribution in [0.4, 0.5) is 4.79 Å². The molecular formula is C16H19N3O2. The van der Waals surface area contributed by atoms with Gasteiger partial charge in [-0.1, -0.05) is 44.2 Å². The van der Waals surface area contributed by atoms with E-state index in [-0.39, 0.29) is 18.0 Å². The Hall–Kier alpha value is -2.30. The molecule has 1 unspecified atom stereocenters. The summed E-state index contributed by atoms with van der Waals surface area (Å²) in [5, 5.41) is 5.63. The molecule has 0 saturated carbocycles. The topological polar surface area (TPSA) is 61.4 Å². The monoisotopic (exact) mass is 285 g/mol. The van der Waals surface area contributed by atoms with Crippen molar-refractivity contribution in [1.29, 1.82) is 0 Å². The molecule has 0 bridgehead atoms. The van der Waals surface area contributed by atoms with Crippen molar-refractivity contribution in [2.75, 3.05) is 13.1 Å². The van der Waals surface area contributed by atoms with Crippen molar-refractivity contribution in [3.05, 3.63) is 47.2 Å². The number of carbonyl (C=O) groups is 2. The van der Waals surface area contributed by atoms with Crippen molar-refractivity contribution in [2.24, 2.45) is 5.92 Å². The fourth-order valence-corrected chi connectivity index (χ4v) is 2.91. The summed E-state index contributed by atoms with van der Waals surface area (Å²) in [7, 11) is 0. The molecule has 0 radical (unpaired) electrons. The standard InChI is InChI=1S/C16H19N3O2/c1-10(2)8-19-9-12-13(15(19)20)14(18-16(21)17-12)11-6-4-3-5-7-11/h3-7,10,14H,8-9H2,1-2H3,(H2,17,18,21). The number of nitrogens with zero attached hydrogens (tertiary/aromatic N) is 1.